The van der Waals surface area contributed by atoms with Crippen molar-refractivity contribution >= 4 is 23.1 Å². The Hall–Kier alpha value is -2.22. The minimum atomic E-state index is -0.389. The summed E-state index contributed by atoms with van der Waals surface area (Å²) >= 11 is 1.54. The molecule has 1 aliphatic heterocycles. The fourth-order valence-electron chi connectivity index (χ4n) is 2.86. The Morgan fingerprint density at radius 1 is 1.46 bits per heavy atom. The van der Waals surface area contributed by atoms with Gasteiger partial charge in [-0.3, -0.25) is 0 Å². The number of nitrogens with zero attached hydrogens (tertiary/aromatic N) is 4. The zero-order chi connectivity index (χ0) is 17.1. The van der Waals surface area contributed by atoms with Crippen LogP contribution in [0, 0.1) is 6.92 Å². The summed E-state index contributed by atoms with van der Waals surface area (Å²) in [6.45, 7) is 5.27. The SMILES string of the molecule is CCOc1cc(N2CCC[C@@H]2c2nc(C(=O)OC)c(C)s2)ncn1. The van der Waals surface area contributed by atoms with Gasteiger partial charge >= 0.3 is 5.97 Å². The zero-order valence-electron chi connectivity index (χ0n) is 14.0. The van der Waals surface area contributed by atoms with Crippen LogP contribution in [0.2, 0.25) is 0 Å². The maximum Gasteiger partial charge on any atom is 0.357 e. The van der Waals surface area contributed by atoms with Gasteiger partial charge in [0.2, 0.25) is 5.88 Å². The second-order valence-electron chi connectivity index (χ2n) is 5.45. The number of aromatic nitrogens is 3. The van der Waals surface area contributed by atoms with Gasteiger partial charge in [-0.2, -0.15) is 0 Å². The summed E-state index contributed by atoms with van der Waals surface area (Å²) in [5, 5.41) is 0.918. The molecule has 0 aromatic carbocycles. The van der Waals surface area contributed by atoms with Crippen LogP contribution < -0.4 is 9.64 Å². The van der Waals surface area contributed by atoms with E-state index in [4.69, 9.17) is 9.47 Å². The van der Waals surface area contributed by atoms with Gasteiger partial charge in [-0.1, -0.05) is 0 Å². The lowest BCUT2D eigenvalue weighted by Gasteiger charge is -2.24. The quantitative estimate of drug-likeness (QED) is 0.769. The van der Waals surface area contributed by atoms with E-state index in [0.717, 1.165) is 35.1 Å². The third-order valence-corrected chi connectivity index (χ3v) is 5.02. The molecule has 0 saturated carbocycles. The summed E-state index contributed by atoms with van der Waals surface area (Å²) in [6, 6.07) is 1.96. The van der Waals surface area contributed by atoms with Crippen molar-refractivity contribution in [2.45, 2.75) is 32.7 Å². The van der Waals surface area contributed by atoms with Gasteiger partial charge in [0, 0.05) is 17.5 Å². The van der Waals surface area contributed by atoms with E-state index in [1.165, 1.54) is 24.8 Å². The molecule has 0 unspecified atom stereocenters. The van der Waals surface area contributed by atoms with Crippen LogP contribution in [0.15, 0.2) is 12.4 Å². The van der Waals surface area contributed by atoms with E-state index in [-0.39, 0.29) is 12.0 Å². The highest BCUT2D eigenvalue weighted by atomic mass is 32.1. The smallest absolute Gasteiger partial charge is 0.357 e. The lowest BCUT2D eigenvalue weighted by atomic mass is 10.2. The summed E-state index contributed by atoms with van der Waals surface area (Å²) in [5.41, 5.74) is 0.405. The van der Waals surface area contributed by atoms with Crippen molar-refractivity contribution < 1.29 is 14.3 Å². The topological polar surface area (TPSA) is 77.4 Å². The fourth-order valence-corrected chi connectivity index (χ4v) is 3.91. The standard InChI is InChI=1S/C16H20N4O3S/c1-4-23-13-8-12(17-9-18-13)20-7-5-6-11(20)15-19-14(10(2)24-15)16(21)22-3/h8-9,11H,4-7H2,1-3H3/t11-/m1/s1. The Bertz CT molecular complexity index is 734. The van der Waals surface area contributed by atoms with Crippen molar-refractivity contribution in [3.05, 3.63) is 28.0 Å². The average Bonchev–Trinajstić information content (AvgIpc) is 3.21. The molecule has 0 N–H and O–H groups in total. The van der Waals surface area contributed by atoms with Crippen LogP contribution in [0.3, 0.4) is 0 Å². The Labute approximate surface area is 144 Å². The van der Waals surface area contributed by atoms with Crippen molar-refractivity contribution in [3.8, 4) is 5.88 Å². The molecule has 1 saturated heterocycles. The van der Waals surface area contributed by atoms with E-state index in [1.807, 2.05) is 19.9 Å². The third-order valence-electron chi connectivity index (χ3n) is 3.94. The first-order valence-electron chi connectivity index (χ1n) is 7.91. The van der Waals surface area contributed by atoms with Crippen LogP contribution >= 0.6 is 11.3 Å². The molecule has 3 rings (SSSR count). The number of rotatable bonds is 5. The van der Waals surface area contributed by atoms with Crippen molar-refractivity contribution in [2.24, 2.45) is 0 Å². The maximum atomic E-state index is 11.8. The Balaban J connectivity index is 1.88. The summed E-state index contributed by atoms with van der Waals surface area (Å²) < 4.78 is 10.3. The number of anilines is 1. The van der Waals surface area contributed by atoms with Gasteiger partial charge in [0.25, 0.3) is 0 Å². The predicted octanol–water partition coefficient (Wildman–Crippen LogP) is 2.77. The molecule has 0 spiro atoms. The Morgan fingerprint density at radius 3 is 3.04 bits per heavy atom. The Morgan fingerprint density at radius 2 is 2.29 bits per heavy atom. The van der Waals surface area contributed by atoms with E-state index in [9.17, 15) is 4.79 Å². The average molecular weight is 348 g/mol. The molecule has 128 valence electrons. The van der Waals surface area contributed by atoms with Crippen molar-refractivity contribution in [2.75, 3.05) is 25.2 Å². The zero-order valence-corrected chi connectivity index (χ0v) is 14.8. The first kappa shape index (κ1) is 16.6. The van der Waals surface area contributed by atoms with Crippen LogP contribution in [-0.2, 0) is 4.74 Å². The van der Waals surface area contributed by atoms with Crippen molar-refractivity contribution in [1.82, 2.24) is 15.0 Å². The molecule has 7 nitrogen and oxygen atoms in total. The summed E-state index contributed by atoms with van der Waals surface area (Å²) in [4.78, 5) is 27.9. The molecule has 0 bridgehead atoms. The number of aryl methyl sites for hydroxylation is 1. The normalized spacial score (nSPS) is 17.1. The highest BCUT2D eigenvalue weighted by molar-refractivity contribution is 7.12. The molecule has 1 aliphatic rings. The molecule has 1 fully saturated rings. The van der Waals surface area contributed by atoms with Crippen LogP contribution in [0.25, 0.3) is 0 Å². The van der Waals surface area contributed by atoms with Gasteiger partial charge in [-0.15, -0.1) is 11.3 Å². The monoisotopic (exact) mass is 348 g/mol. The lowest BCUT2D eigenvalue weighted by molar-refractivity contribution is 0.0594. The Kier molecular flexibility index (Phi) is 4.94. The highest BCUT2D eigenvalue weighted by Crippen LogP contribution is 2.38. The lowest BCUT2D eigenvalue weighted by Crippen LogP contribution is -2.23. The van der Waals surface area contributed by atoms with E-state index < -0.39 is 0 Å². The maximum absolute atomic E-state index is 11.8. The molecule has 2 aromatic heterocycles. The van der Waals surface area contributed by atoms with E-state index in [1.54, 1.807) is 0 Å². The number of thiazole rings is 1. The molecule has 3 heterocycles. The number of esters is 1. The molecule has 0 radical (unpaired) electrons. The second kappa shape index (κ2) is 7.12. The summed E-state index contributed by atoms with van der Waals surface area (Å²) in [5.74, 6) is 1.00. The van der Waals surface area contributed by atoms with Crippen LogP contribution in [0.5, 0.6) is 5.88 Å². The first-order valence-corrected chi connectivity index (χ1v) is 8.72. The van der Waals surface area contributed by atoms with Gasteiger partial charge in [-0.05, 0) is 26.7 Å². The number of methoxy groups -OCH3 is 1. The third kappa shape index (κ3) is 3.19. The summed E-state index contributed by atoms with van der Waals surface area (Å²) in [7, 11) is 1.37. The van der Waals surface area contributed by atoms with Crippen LogP contribution in [0.1, 0.15) is 46.2 Å². The molecule has 1 atom stereocenters. The van der Waals surface area contributed by atoms with Crippen molar-refractivity contribution in [1.29, 1.82) is 0 Å². The number of hydrogen-bond acceptors (Lipinski definition) is 8. The van der Waals surface area contributed by atoms with Crippen LogP contribution in [-0.4, -0.2) is 41.2 Å². The van der Waals surface area contributed by atoms with Gasteiger partial charge in [0.1, 0.15) is 17.2 Å². The van der Waals surface area contributed by atoms with Gasteiger partial charge in [-0.25, -0.2) is 19.7 Å². The molecule has 0 aliphatic carbocycles. The van der Waals surface area contributed by atoms with E-state index >= 15 is 0 Å². The largest absolute Gasteiger partial charge is 0.478 e. The van der Waals surface area contributed by atoms with Gasteiger partial charge in [0.15, 0.2) is 5.69 Å². The predicted molar refractivity (Wildman–Crippen MR) is 90.7 cm³/mol. The molecular formula is C16H20N4O3S. The van der Waals surface area contributed by atoms with Crippen LogP contribution in [0.4, 0.5) is 5.82 Å². The molecule has 24 heavy (non-hydrogen) atoms. The minimum Gasteiger partial charge on any atom is -0.478 e. The van der Waals surface area contributed by atoms with E-state index in [2.05, 4.69) is 19.9 Å². The molecular weight excluding hydrogens is 328 g/mol. The fraction of sp³-hybridized carbons (Fsp3) is 0.500. The number of carbonyl (C=O) groups is 1. The molecule has 8 heteroatoms. The second-order valence-corrected chi connectivity index (χ2v) is 6.68. The number of carbonyl (C=O) groups excluding carboxylic acids is 1. The van der Waals surface area contributed by atoms with Gasteiger partial charge in [0.05, 0.1) is 19.8 Å². The number of ether oxygens (including phenoxy) is 2. The number of hydrogen-bond donors (Lipinski definition) is 0. The van der Waals surface area contributed by atoms with Gasteiger partial charge < -0.3 is 14.4 Å². The minimum absolute atomic E-state index is 0.108. The molecule has 2 aromatic rings. The molecule has 0 amide bonds. The summed E-state index contributed by atoms with van der Waals surface area (Å²) in [6.07, 6.45) is 3.54. The first-order chi connectivity index (χ1) is 11.6. The van der Waals surface area contributed by atoms with Crippen molar-refractivity contribution in [3.63, 3.8) is 0 Å². The highest BCUT2D eigenvalue weighted by Gasteiger charge is 2.31. The van der Waals surface area contributed by atoms with E-state index in [0.29, 0.717) is 18.2 Å².